The second kappa shape index (κ2) is 9.15. The van der Waals surface area contributed by atoms with Crippen LogP contribution in [0.3, 0.4) is 0 Å². The topological polar surface area (TPSA) is 54.8 Å². The molecule has 3 aromatic rings. The van der Waals surface area contributed by atoms with Gasteiger partial charge in [-0.15, -0.1) is 0 Å². The highest BCUT2D eigenvalue weighted by Crippen LogP contribution is 2.68. The fourth-order valence-electron chi connectivity index (χ4n) is 5.03. The number of rotatable bonds is 3. The van der Waals surface area contributed by atoms with E-state index < -0.39 is 11.2 Å². The Kier molecular flexibility index (Phi) is 6.61. The van der Waals surface area contributed by atoms with Crippen LogP contribution in [0.15, 0.2) is 60.7 Å². The van der Waals surface area contributed by atoms with Gasteiger partial charge < -0.3 is 19.5 Å². The average Bonchev–Trinajstić information content (AvgIpc) is 3.20. The number of pyridine rings is 1. The summed E-state index contributed by atoms with van der Waals surface area (Å²) in [5.41, 5.74) is 0.146. The van der Waals surface area contributed by atoms with Gasteiger partial charge in [0.15, 0.2) is 5.60 Å². The molecule has 1 aromatic heterocycles. The molecule has 3 unspecified atom stereocenters. The van der Waals surface area contributed by atoms with E-state index in [1.165, 1.54) is 7.11 Å². The number of hydrogen-bond acceptors (Lipinski definition) is 5. The van der Waals surface area contributed by atoms with Crippen molar-refractivity contribution < 1.29 is 14.6 Å². The molecular weight excluding hydrogens is 459 g/mol. The van der Waals surface area contributed by atoms with E-state index in [0.29, 0.717) is 28.6 Å². The Morgan fingerprint density at radius 2 is 1.70 bits per heavy atom. The van der Waals surface area contributed by atoms with Crippen molar-refractivity contribution in [1.82, 2.24) is 9.88 Å². The standard InChI is InChI=1S/C23H19Cl2NO3.C3H9N/c1-28-21-20-18(13-19(25)26-21)29-23(15-7-9-16(24)10-8-15)17(11-12-22(20,23)27)14-5-3-2-4-6-14;1-4(2)3/h2-10,13,17,27H,11-12H2,1H3;1-3H3. The molecule has 33 heavy (non-hydrogen) atoms. The summed E-state index contributed by atoms with van der Waals surface area (Å²) in [5, 5.41) is 13.1. The fourth-order valence-corrected chi connectivity index (χ4v) is 5.33. The molecule has 5 rings (SSSR count). The third kappa shape index (κ3) is 3.97. The summed E-state index contributed by atoms with van der Waals surface area (Å²) >= 11 is 12.4. The van der Waals surface area contributed by atoms with E-state index >= 15 is 0 Å². The molecule has 1 saturated carbocycles. The molecule has 0 saturated heterocycles. The summed E-state index contributed by atoms with van der Waals surface area (Å²) in [6.07, 6.45) is 1.25. The van der Waals surface area contributed by atoms with Gasteiger partial charge in [0.25, 0.3) is 0 Å². The highest BCUT2D eigenvalue weighted by Gasteiger charge is 2.69. The summed E-state index contributed by atoms with van der Waals surface area (Å²) in [6, 6.07) is 19.3. The first-order chi connectivity index (χ1) is 15.7. The number of aromatic nitrogens is 1. The predicted octanol–water partition coefficient (Wildman–Crippen LogP) is 5.63. The van der Waals surface area contributed by atoms with Crippen LogP contribution in [0.1, 0.15) is 35.4 Å². The van der Waals surface area contributed by atoms with Gasteiger partial charge in [0.05, 0.1) is 12.7 Å². The minimum Gasteiger partial charge on any atom is -0.481 e. The van der Waals surface area contributed by atoms with Gasteiger partial charge in [0, 0.05) is 17.0 Å². The molecule has 1 aliphatic carbocycles. The molecule has 1 fully saturated rings. The van der Waals surface area contributed by atoms with Gasteiger partial charge in [-0.1, -0.05) is 65.7 Å². The summed E-state index contributed by atoms with van der Waals surface area (Å²) in [5.74, 6) is 0.713. The first-order valence-corrected chi connectivity index (χ1v) is 11.6. The van der Waals surface area contributed by atoms with Gasteiger partial charge in [0.2, 0.25) is 5.88 Å². The summed E-state index contributed by atoms with van der Waals surface area (Å²) in [6.45, 7) is 0. The number of hydrogen-bond donors (Lipinski definition) is 1. The highest BCUT2D eigenvalue weighted by molar-refractivity contribution is 6.30. The third-order valence-corrected chi connectivity index (χ3v) is 6.62. The number of aliphatic hydroxyl groups is 1. The zero-order valence-corrected chi connectivity index (χ0v) is 20.7. The molecule has 0 bridgehead atoms. The second-order valence-electron chi connectivity index (χ2n) is 8.88. The van der Waals surface area contributed by atoms with Crippen LogP contribution in [0.2, 0.25) is 10.2 Å². The van der Waals surface area contributed by atoms with Crippen LogP contribution in [-0.2, 0) is 11.2 Å². The fraction of sp³-hybridized carbons (Fsp3) is 0.346. The van der Waals surface area contributed by atoms with E-state index in [1.54, 1.807) is 6.07 Å². The molecule has 2 heterocycles. The molecule has 0 radical (unpaired) electrons. The van der Waals surface area contributed by atoms with Gasteiger partial charge in [-0.05, 0) is 57.2 Å². The van der Waals surface area contributed by atoms with Crippen molar-refractivity contribution >= 4 is 23.2 Å². The molecule has 2 aromatic carbocycles. The van der Waals surface area contributed by atoms with Crippen molar-refractivity contribution in [3.05, 3.63) is 87.5 Å². The molecule has 7 heteroatoms. The lowest BCUT2D eigenvalue weighted by Crippen LogP contribution is -2.48. The maximum Gasteiger partial charge on any atom is 0.224 e. The van der Waals surface area contributed by atoms with E-state index in [9.17, 15) is 5.11 Å². The van der Waals surface area contributed by atoms with Gasteiger partial charge in [-0.2, -0.15) is 0 Å². The quantitative estimate of drug-likeness (QED) is 0.486. The van der Waals surface area contributed by atoms with Crippen molar-refractivity contribution in [1.29, 1.82) is 0 Å². The van der Waals surface area contributed by atoms with Crippen molar-refractivity contribution in [3.63, 3.8) is 0 Å². The Balaban J connectivity index is 0.000000601. The molecule has 1 N–H and O–H groups in total. The van der Waals surface area contributed by atoms with Gasteiger partial charge in [0.1, 0.15) is 16.5 Å². The molecule has 2 aliphatic rings. The lowest BCUT2D eigenvalue weighted by atomic mass is 9.72. The van der Waals surface area contributed by atoms with Crippen LogP contribution in [-0.4, -0.2) is 43.2 Å². The van der Waals surface area contributed by atoms with Crippen molar-refractivity contribution in [2.24, 2.45) is 0 Å². The lowest BCUT2D eigenvalue weighted by Gasteiger charge is -2.40. The van der Waals surface area contributed by atoms with Gasteiger partial charge in [-0.25, -0.2) is 4.98 Å². The Morgan fingerprint density at radius 1 is 1.06 bits per heavy atom. The number of halogens is 2. The predicted molar refractivity (Wildman–Crippen MR) is 131 cm³/mol. The highest BCUT2D eigenvalue weighted by atomic mass is 35.5. The maximum absolute atomic E-state index is 12.2. The Bertz CT molecular complexity index is 1120. The summed E-state index contributed by atoms with van der Waals surface area (Å²) in [4.78, 5) is 6.29. The number of fused-ring (bicyclic) bond motifs is 3. The van der Waals surface area contributed by atoms with E-state index in [2.05, 4.69) is 17.1 Å². The number of ether oxygens (including phenoxy) is 2. The van der Waals surface area contributed by atoms with Crippen LogP contribution in [0, 0.1) is 0 Å². The number of benzene rings is 2. The van der Waals surface area contributed by atoms with Crippen LogP contribution in [0.4, 0.5) is 0 Å². The lowest BCUT2D eigenvalue weighted by molar-refractivity contribution is -0.106. The van der Waals surface area contributed by atoms with E-state index in [-0.39, 0.29) is 11.1 Å². The SMILES string of the molecule is CN(C)C.COc1nc(Cl)cc2c1C1(O)CCC(c3ccccc3)C1(c1ccc(Cl)cc1)O2. The van der Waals surface area contributed by atoms with Gasteiger partial charge >= 0.3 is 0 Å². The molecule has 5 nitrogen and oxygen atoms in total. The van der Waals surface area contributed by atoms with Crippen LogP contribution < -0.4 is 9.47 Å². The molecule has 0 amide bonds. The van der Waals surface area contributed by atoms with E-state index in [0.717, 1.165) is 17.5 Å². The molecule has 174 valence electrons. The average molecular weight is 487 g/mol. The van der Waals surface area contributed by atoms with E-state index in [4.69, 9.17) is 32.7 Å². The third-order valence-electron chi connectivity index (χ3n) is 6.17. The second-order valence-corrected chi connectivity index (χ2v) is 9.70. The Hall–Kier alpha value is -2.31. The van der Waals surface area contributed by atoms with Crippen LogP contribution in [0.25, 0.3) is 0 Å². The first-order valence-electron chi connectivity index (χ1n) is 10.8. The summed E-state index contributed by atoms with van der Waals surface area (Å²) in [7, 11) is 7.52. The van der Waals surface area contributed by atoms with Crippen LogP contribution >= 0.6 is 23.2 Å². The van der Waals surface area contributed by atoms with Gasteiger partial charge in [-0.3, -0.25) is 0 Å². The molecule has 0 spiro atoms. The summed E-state index contributed by atoms with van der Waals surface area (Å²) < 4.78 is 12.1. The monoisotopic (exact) mass is 486 g/mol. The molecule has 3 atom stereocenters. The minimum atomic E-state index is -1.32. The first kappa shape index (κ1) is 23.8. The van der Waals surface area contributed by atoms with Crippen molar-refractivity contribution in [3.8, 4) is 11.6 Å². The van der Waals surface area contributed by atoms with Crippen LogP contribution in [0.5, 0.6) is 11.6 Å². The number of methoxy groups -OCH3 is 1. The Labute approximate surface area is 204 Å². The van der Waals surface area contributed by atoms with Crippen molar-refractivity contribution in [2.45, 2.75) is 30.0 Å². The van der Waals surface area contributed by atoms with E-state index in [1.807, 2.05) is 68.5 Å². The minimum absolute atomic E-state index is 0.0780. The molecule has 1 aliphatic heterocycles. The largest absolute Gasteiger partial charge is 0.481 e. The maximum atomic E-state index is 12.2. The molecular formula is C26H28Cl2N2O3. The Morgan fingerprint density at radius 3 is 2.30 bits per heavy atom. The zero-order chi connectivity index (χ0) is 23.8. The smallest absolute Gasteiger partial charge is 0.224 e. The normalized spacial score (nSPS) is 25.0. The van der Waals surface area contributed by atoms with Crippen molar-refractivity contribution in [2.75, 3.05) is 28.3 Å². The zero-order valence-electron chi connectivity index (χ0n) is 19.2. The number of nitrogens with zero attached hydrogens (tertiary/aromatic N) is 2.